The Morgan fingerprint density at radius 3 is 2.38 bits per heavy atom. The van der Waals surface area contributed by atoms with Crippen LogP contribution in [0, 0.1) is 0 Å². The predicted octanol–water partition coefficient (Wildman–Crippen LogP) is 4.53. The molecule has 1 unspecified atom stereocenters. The van der Waals surface area contributed by atoms with Gasteiger partial charge in [0.15, 0.2) is 0 Å². The van der Waals surface area contributed by atoms with Gasteiger partial charge in [0.05, 0.1) is 10.7 Å². The lowest BCUT2D eigenvalue weighted by Gasteiger charge is -2.21. The number of benzene rings is 2. The van der Waals surface area contributed by atoms with E-state index in [1.807, 2.05) is 0 Å². The third-order valence-corrected chi connectivity index (χ3v) is 4.47. The lowest BCUT2D eigenvalue weighted by atomic mass is 10.1. The number of halogens is 1. The van der Waals surface area contributed by atoms with Crippen molar-refractivity contribution in [3.63, 3.8) is 0 Å². The second-order valence-corrected chi connectivity index (χ2v) is 6.02. The quantitative estimate of drug-likeness (QED) is 0.892. The first-order chi connectivity index (χ1) is 10.2. The van der Waals surface area contributed by atoms with E-state index < -0.39 is 0 Å². The summed E-state index contributed by atoms with van der Waals surface area (Å²) in [4.78, 5) is 2.34. The lowest BCUT2D eigenvalue weighted by Crippen LogP contribution is -2.18. The van der Waals surface area contributed by atoms with Gasteiger partial charge >= 0.3 is 0 Å². The highest BCUT2D eigenvalue weighted by Crippen LogP contribution is 2.34. The molecule has 1 atom stereocenters. The molecule has 3 heteroatoms. The molecule has 1 aliphatic rings. The minimum atomic E-state index is 0.331. The molecule has 0 amide bonds. The fraction of sp³-hybridized carbons (Fsp3) is 0.333. The monoisotopic (exact) mass is 300 g/mol. The van der Waals surface area contributed by atoms with E-state index in [9.17, 15) is 0 Å². The van der Waals surface area contributed by atoms with Crippen LogP contribution >= 0.6 is 11.6 Å². The molecule has 2 nitrogen and oxygen atoms in total. The SMILES string of the molecule is CCNC(C)c1ccc(N2Cc3ccccc3C2)c(Cl)c1. The molecular formula is C18H21ClN2. The topological polar surface area (TPSA) is 15.3 Å². The molecule has 0 saturated heterocycles. The highest BCUT2D eigenvalue weighted by molar-refractivity contribution is 6.33. The number of nitrogens with zero attached hydrogens (tertiary/aromatic N) is 1. The Bertz CT molecular complexity index is 614. The summed E-state index contributed by atoms with van der Waals surface area (Å²) in [6.07, 6.45) is 0. The molecule has 0 spiro atoms. The van der Waals surface area contributed by atoms with Crippen molar-refractivity contribution in [3.8, 4) is 0 Å². The molecule has 21 heavy (non-hydrogen) atoms. The molecule has 2 aromatic rings. The number of anilines is 1. The summed E-state index contributed by atoms with van der Waals surface area (Å²) in [6, 6.07) is 15.4. The van der Waals surface area contributed by atoms with Gasteiger partial charge in [0.25, 0.3) is 0 Å². The third kappa shape index (κ3) is 2.92. The van der Waals surface area contributed by atoms with Gasteiger partial charge in [-0.25, -0.2) is 0 Å². The number of hydrogen-bond donors (Lipinski definition) is 1. The average Bonchev–Trinajstić information content (AvgIpc) is 2.90. The van der Waals surface area contributed by atoms with Gasteiger partial charge in [0, 0.05) is 19.1 Å². The lowest BCUT2D eigenvalue weighted by molar-refractivity contribution is 0.598. The van der Waals surface area contributed by atoms with E-state index in [1.54, 1.807) is 0 Å². The Morgan fingerprint density at radius 1 is 1.14 bits per heavy atom. The number of nitrogens with one attached hydrogen (secondary N) is 1. The van der Waals surface area contributed by atoms with Crippen molar-refractivity contribution in [1.82, 2.24) is 5.32 Å². The average molecular weight is 301 g/mol. The molecule has 0 radical (unpaired) electrons. The van der Waals surface area contributed by atoms with Gasteiger partial charge in [-0.2, -0.15) is 0 Å². The maximum atomic E-state index is 6.53. The van der Waals surface area contributed by atoms with Crippen LogP contribution in [0.2, 0.25) is 5.02 Å². The summed E-state index contributed by atoms with van der Waals surface area (Å²) >= 11 is 6.53. The van der Waals surface area contributed by atoms with Gasteiger partial charge in [-0.3, -0.25) is 0 Å². The van der Waals surface area contributed by atoms with E-state index >= 15 is 0 Å². The maximum Gasteiger partial charge on any atom is 0.0643 e. The van der Waals surface area contributed by atoms with E-state index in [2.05, 4.69) is 66.5 Å². The first-order valence-corrected chi connectivity index (χ1v) is 7.91. The predicted molar refractivity (Wildman–Crippen MR) is 89.9 cm³/mol. The Kier molecular flexibility index (Phi) is 4.18. The minimum Gasteiger partial charge on any atom is -0.362 e. The summed E-state index contributed by atoms with van der Waals surface area (Å²) < 4.78 is 0. The van der Waals surface area contributed by atoms with Gasteiger partial charge in [0.1, 0.15) is 0 Å². The van der Waals surface area contributed by atoms with Crippen LogP contribution in [0.1, 0.15) is 36.6 Å². The van der Waals surface area contributed by atoms with Crippen LogP contribution in [0.25, 0.3) is 0 Å². The fourth-order valence-corrected chi connectivity index (χ4v) is 3.28. The molecule has 1 N–H and O–H groups in total. The highest BCUT2D eigenvalue weighted by atomic mass is 35.5. The van der Waals surface area contributed by atoms with E-state index in [-0.39, 0.29) is 0 Å². The molecule has 3 rings (SSSR count). The molecule has 0 aliphatic carbocycles. The van der Waals surface area contributed by atoms with Gasteiger partial charge in [-0.05, 0) is 42.3 Å². The Labute approximate surface area is 131 Å². The van der Waals surface area contributed by atoms with E-state index in [0.717, 1.165) is 30.3 Å². The first-order valence-electron chi connectivity index (χ1n) is 7.53. The van der Waals surface area contributed by atoms with Crippen molar-refractivity contribution < 1.29 is 0 Å². The van der Waals surface area contributed by atoms with Gasteiger partial charge in [-0.15, -0.1) is 0 Å². The van der Waals surface area contributed by atoms with Crippen molar-refractivity contribution in [1.29, 1.82) is 0 Å². The van der Waals surface area contributed by atoms with Crippen LogP contribution in [0.3, 0.4) is 0 Å². The standard InChI is InChI=1S/C18H21ClN2/c1-3-20-13(2)14-8-9-18(17(19)10-14)21-11-15-6-4-5-7-16(15)12-21/h4-10,13,20H,3,11-12H2,1-2H3. The summed E-state index contributed by atoms with van der Waals surface area (Å²) in [5.74, 6) is 0. The number of fused-ring (bicyclic) bond motifs is 1. The second-order valence-electron chi connectivity index (χ2n) is 5.61. The van der Waals surface area contributed by atoms with Gasteiger partial charge in [-0.1, -0.05) is 48.9 Å². The van der Waals surface area contributed by atoms with Crippen molar-refractivity contribution >= 4 is 17.3 Å². The fourth-order valence-electron chi connectivity index (χ4n) is 2.98. The highest BCUT2D eigenvalue weighted by Gasteiger charge is 2.20. The molecular weight excluding hydrogens is 280 g/mol. The Balaban J connectivity index is 1.82. The van der Waals surface area contributed by atoms with Crippen LogP contribution < -0.4 is 10.2 Å². The zero-order valence-corrected chi connectivity index (χ0v) is 13.3. The first kappa shape index (κ1) is 14.4. The smallest absolute Gasteiger partial charge is 0.0643 e. The normalized spacial score (nSPS) is 15.1. The van der Waals surface area contributed by atoms with Gasteiger partial charge in [0.2, 0.25) is 0 Å². The van der Waals surface area contributed by atoms with E-state index in [4.69, 9.17) is 11.6 Å². The molecule has 2 aromatic carbocycles. The summed E-state index contributed by atoms with van der Waals surface area (Å²) in [5, 5.41) is 4.26. The summed E-state index contributed by atoms with van der Waals surface area (Å²) in [5.41, 5.74) is 5.17. The molecule has 1 heterocycles. The summed E-state index contributed by atoms with van der Waals surface area (Å²) in [6.45, 7) is 7.13. The molecule has 0 saturated carbocycles. The summed E-state index contributed by atoms with van der Waals surface area (Å²) in [7, 11) is 0. The second kappa shape index (κ2) is 6.08. The largest absolute Gasteiger partial charge is 0.362 e. The van der Waals surface area contributed by atoms with Crippen LogP contribution in [-0.2, 0) is 13.1 Å². The Morgan fingerprint density at radius 2 is 1.81 bits per heavy atom. The zero-order chi connectivity index (χ0) is 14.8. The van der Waals surface area contributed by atoms with E-state index in [1.165, 1.54) is 16.7 Å². The van der Waals surface area contributed by atoms with Crippen molar-refractivity contribution in [3.05, 3.63) is 64.2 Å². The van der Waals surface area contributed by atoms with Crippen LogP contribution in [-0.4, -0.2) is 6.54 Å². The maximum absolute atomic E-state index is 6.53. The van der Waals surface area contributed by atoms with Crippen molar-refractivity contribution in [2.24, 2.45) is 0 Å². The molecule has 0 fully saturated rings. The van der Waals surface area contributed by atoms with Crippen molar-refractivity contribution in [2.75, 3.05) is 11.4 Å². The van der Waals surface area contributed by atoms with E-state index in [0.29, 0.717) is 6.04 Å². The van der Waals surface area contributed by atoms with Crippen LogP contribution in [0.4, 0.5) is 5.69 Å². The number of hydrogen-bond acceptors (Lipinski definition) is 2. The third-order valence-electron chi connectivity index (χ3n) is 4.16. The van der Waals surface area contributed by atoms with Crippen molar-refractivity contribution in [2.45, 2.75) is 33.0 Å². The molecule has 0 bridgehead atoms. The van der Waals surface area contributed by atoms with Crippen LogP contribution in [0.5, 0.6) is 0 Å². The number of rotatable bonds is 4. The minimum absolute atomic E-state index is 0.331. The Hall–Kier alpha value is -1.51. The zero-order valence-electron chi connectivity index (χ0n) is 12.6. The van der Waals surface area contributed by atoms with Gasteiger partial charge < -0.3 is 10.2 Å². The van der Waals surface area contributed by atoms with Crippen LogP contribution in [0.15, 0.2) is 42.5 Å². The molecule has 110 valence electrons. The molecule has 0 aromatic heterocycles. The molecule has 1 aliphatic heterocycles.